The summed E-state index contributed by atoms with van der Waals surface area (Å²) in [5.74, 6) is -0.540. The second-order valence-electron chi connectivity index (χ2n) is 21.1. The van der Waals surface area contributed by atoms with Gasteiger partial charge in [-0.15, -0.1) is 0 Å². The standard InChI is InChI=1S/C59H113N2O7P/c1-7-10-13-16-19-22-25-28-30-31-33-36-39-42-45-48-51-58(62)60-56(55-67-69(64,65)66-54-53-61(4,5)6)57(50-47-44-41-38-35-32-27-24-21-18-15-12-9-3)68-59(63)52-49-46-43-40-37-34-29-26-23-20-17-14-11-8-2/h11,14,20,23,47,50,56-57H,7-10,12-13,15-19,21-22,24-46,48-49,51-55H2,1-6H3,(H-,60,62,64,65)/b14-11+,23-20+,50-47+. The summed E-state index contributed by atoms with van der Waals surface area (Å²) in [5, 5.41) is 3.03. The van der Waals surface area contributed by atoms with Gasteiger partial charge in [0.25, 0.3) is 7.82 Å². The number of phosphoric acid groups is 1. The Kier molecular flexibility index (Phi) is 48.5. The molecular formula is C59H113N2O7P. The molecule has 9 nitrogen and oxygen atoms in total. The van der Waals surface area contributed by atoms with Gasteiger partial charge in [-0.05, 0) is 57.4 Å². The Morgan fingerprint density at radius 2 is 0.928 bits per heavy atom. The van der Waals surface area contributed by atoms with Crippen LogP contribution in [0.3, 0.4) is 0 Å². The number of ether oxygens (including phenoxy) is 1. The van der Waals surface area contributed by atoms with Crippen LogP contribution in [0, 0.1) is 0 Å². The number of carbonyl (C=O) groups excluding carboxylic acids is 2. The number of allylic oxidation sites excluding steroid dienone is 5. The Balaban J connectivity index is 5.33. The average Bonchev–Trinajstić information content (AvgIpc) is 3.31. The van der Waals surface area contributed by atoms with Gasteiger partial charge in [-0.2, -0.15) is 0 Å². The van der Waals surface area contributed by atoms with Gasteiger partial charge in [0.05, 0.1) is 33.8 Å². The van der Waals surface area contributed by atoms with Gasteiger partial charge in [0.15, 0.2) is 0 Å². The minimum absolute atomic E-state index is 0.0215. The van der Waals surface area contributed by atoms with Gasteiger partial charge in [0, 0.05) is 12.8 Å². The van der Waals surface area contributed by atoms with Crippen molar-refractivity contribution in [3.63, 3.8) is 0 Å². The molecule has 0 spiro atoms. The maximum absolute atomic E-state index is 13.5. The Labute approximate surface area is 427 Å². The fourth-order valence-corrected chi connectivity index (χ4v) is 9.28. The molecule has 69 heavy (non-hydrogen) atoms. The molecule has 3 unspecified atom stereocenters. The zero-order valence-electron chi connectivity index (χ0n) is 46.3. The Morgan fingerprint density at radius 3 is 1.38 bits per heavy atom. The lowest BCUT2D eigenvalue weighted by molar-refractivity contribution is -0.870. The largest absolute Gasteiger partial charge is 0.756 e. The quantitative estimate of drug-likeness (QED) is 0.0212. The van der Waals surface area contributed by atoms with Crippen LogP contribution in [0.5, 0.6) is 0 Å². The molecule has 0 aromatic rings. The first-order chi connectivity index (χ1) is 33.4. The van der Waals surface area contributed by atoms with E-state index in [2.05, 4.69) is 50.4 Å². The van der Waals surface area contributed by atoms with Gasteiger partial charge in [-0.3, -0.25) is 14.2 Å². The van der Waals surface area contributed by atoms with Gasteiger partial charge in [-0.25, -0.2) is 0 Å². The van der Waals surface area contributed by atoms with Gasteiger partial charge in [0.2, 0.25) is 5.91 Å². The SMILES string of the molecule is CC/C=C/C/C=C/CCCCCCCCCC(=O)OC(/C=C/CCCCCCCCCCCCC)C(COP(=O)([O-])OCC[N+](C)(C)C)NC(=O)CCCCCCCCCCCCCCCCCC. The molecule has 1 N–H and O–H groups in total. The van der Waals surface area contributed by atoms with Crippen LogP contribution < -0.4 is 10.2 Å². The van der Waals surface area contributed by atoms with E-state index in [1.165, 1.54) is 161 Å². The number of hydrogen-bond donors (Lipinski definition) is 1. The summed E-state index contributed by atoms with van der Waals surface area (Å²) in [7, 11) is 1.19. The smallest absolute Gasteiger partial charge is 0.306 e. The van der Waals surface area contributed by atoms with Gasteiger partial charge in [-0.1, -0.05) is 244 Å². The normalized spacial score (nSPS) is 14.0. The fraction of sp³-hybridized carbons (Fsp3) is 0.864. The zero-order valence-corrected chi connectivity index (χ0v) is 47.2. The van der Waals surface area contributed by atoms with E-state index in [-0.39, 0.29) is 31.5 Å². The molecule has 0 heterocycles. The molecule has 0 aliphatic carbocycles. The summed E-state index contributed by atoms with van der Waals surface area (Å²) >= 11 is 0. The summed E-state index contributed by atoms with van der Waals surface area (Å²) in [6.45, 7) is 6.76. The minimum atomic E-state index is -4.69. The Hall–Kier alpha value is -1.77. The molecule has 1 amide bonds. The number of likely N-dealkylation sites (N-methyl/N-ethyl adjacent to an activating group) is 1. The van der Waals surface area contributed by atoms with E-state index in [1.54, 1.807) is 0 Å². The first-order valence-corrected chi connectivity index (χ1v) is 30.8. The van der Waals surface area contributed by atoms with Crippen LogP contribution in [0.25, 0.3) is 0 Å². The van der Waals surface area contributed by atoms with Crippen LogP contribution in [0.15, 0.2) is 36.5 Å². The number of nitrogens with zero attached hydrogens (tertiary/aromatic N) is 1. The number of amides is 1. The average molecular weight is 994 g/mol. The van der Waals surface area contributed by atoms with Gasteiger partial charge >= 0.3 is 5.97 Å². The van der Waals surface area contributed by atoms with Crippen molar-refractivity contribution >= 4 is 19.7 Å². The summed E-state index contributed by atoms with van der Waals surface area (Å²) in [5.41, 5.74) is 0. The topological polar surface area (TPSA) is 114 Å². The minimum Gasteiger partial charge on any atom is -0.756 e. The first kappa shape index (κ1) is 67.2. The molecule has 0 bridgehead atoms. The van der Waals surface area contributed by atoms with Crippen LogP contribution >= 0.6 is 7.82 Å². The number of esters is 1. The van der Waals surface area contributed by atoms with Gasteiger partial charge < -0.3 is 28.5 Å². The van der Waals surface area contributed by atoms with Crippen molar-refractivity contribution in [2.24, 2.45) is 0 Å². The summed E-state index contributed by atoms with van der Waals surface area (Å²) in [6, 6.07) is -0.886. The van der Waals surface area contributed by atoms with Crippen molar-refractivity contribution in [2.75, 3.05) is 40.9 Å². The second kappa shape index (κ2) is 49.8. The number of nitrogens with one attached hydrogen (secondary N) is 1. The van der Waals surface area contributed by atoms with E-state index in [9.17, 15) is 19.0 Å². The molecule has 0 saturated carbocycles. The summed E-state index contributed by atoms with van der Waals surface area (Å²) in [6.07, 6.45) is 58.1. The van der Waals surface area contributed by atoms with E-state index in [1.807, 2.05) is 33.3 Å². The monoisotopic (exact) mass is 993 g/mol. The third-order valence-electron chi connectivity index (χ3n) is 13.1. The van der Waals surface area contributed by atoms with Crippen LogP contribution in [0.4, 0.5) is 0 Å². The molecule has 0 saturated heterocycles. The number of carbonyl (C=O) groups is 2. The van der Waals surface area contributed by atoms with Crippen LogP contribution in [-0.2, 0) is 27.9 Å². The van der Waals surface area contributed by atoms with Crippen molar-refractivity contribution in [2.45, 2.75) is 290 Å². The molecular weight excluding hydrogens is 880 g/mol. The van der Waals surface area contributed by atoms with E-state index >= 15 is 0 Å². The first-order valence-electron chi connectivity index (χ1n) is 29.3. The zero-order chi connectivity index (χ0) is 50.8. The number of unbranched alkanes of at least 4 members (excludes halogenated alkanes) is 33. The van der Waals surface area contributed by atoms with Gasteiger partial charge in [0.1, 0.15) is 19.3 Å². The molecule has 0 aromatic heterocycles. The van der Waals surface area contributed by atoms with Crippen LogP contribution in [0.2, 0.25) is 0 Å². The van der Waals surface area contributed by atoms with Crippen molar-refractivity contribution in [3.8, 4) is 0 Å². The summed E-state index contributed by atoms with van der Waals surface area (Å²) in [4.78, 5) is 39.9. The molecule has 3 atom stereocenters. The molecule has 406 valence electrons. The third kappa shape index (κ3) is 51.0. The highest BCUT2D eigenvalue weighted by atomic mass is 31.2. The molecule has 0 aliphatic heterocycles. The molecule has 0 aliphatic rings. The highest BCUT2D eigenvalue weighted by molar-refractivity contribution is 7.45. The van der Waals surface area contributed by atoms with Crippen molar-refractivity contribution in [1.82, 2.24) is 5.32 Å². The maximum Gasteiger partial charge on any atom is 0.306 e. The van der Waals surface area contributed by atoms with E-state index in [4.69, 9.17) is 13.8 Å². The molecule has 0 fully saturated rings. The van der Waals surface area contributed by atoms with Crippen LogP contribution in [-0.4, -0.2) is 69.4 Å². The third-order valence-corrected chi connectivity index (χ3v) is 14.0. The number of phosphoric ester groups is 1. The van der Waals surface area contributed by atoms with Crippen molar-refractivity contribution < 1.29 is 37.3 Å². The van der Waals surface area contributed by atoms with Crippen molar-refractivity contribution in [3.05, 3.63) is 36.5 Å². The van der Waals surface area contributed by atoms with E-state index in [0.717, 1.165) is 83.5 Å². The predicted molar refractivity (Wildman–Crippen MR) is 293 cm³/mol. The highest BCUT2D eigenvalue weighted by Crippen LogP contribution is 2.38. The molecule has 10 heteroatoms. The molecule has 0 rings (SSSR count). The maximum atomic E-state index is 13.5. The fourth-order valence-electron chi connectivity index (χ4n) is 8.56. The Morgan fingerprint density at radius 1 is 0.522 bits per heavy atom. The lowest BCUT2D eigenvalue weighted by Gasteiger charge is -2.30. The number of rotatable bonds is 53. The highest BCUT2D eigenvalue weighted by Gasteiger charge is 2.27. The van der Waals surface area contributed by atoms with Crippen LogP contribution in [0.1, 0.15) is 278 Å². The molecule has 0 aromatic carbocycles. The Bertz CT molecular complexity index is 1280. The second-order valence-corrected chi connectivity index (χ2v) is 22.5. The lowest BCUT2D eigenvalue weighted by Crippen LogP contribution is -2.47. The summed E-state index contributed by atoms with van der Waals surface area (Å²) < 4.78 is 30.3. The molecule has 0 radical (unpaired) electrons. The lowest BCUT2D eigenvalue weighted by atomic mass is 10.0. The van der Waals surface area contributed by atoms with E-state index < -0.39 is 20.0 Å². The predicted octanol–water partition coefficient (Wildman–Crippen LogP) is 16.9. The van der Waals surface area contributed by atoms with Crippen molar-refractivity contribution in [1.29, 1.82) is 0 Å². The number of hydrogen-bond acceptors (Lipinski definition) is 7. The van der Waals surface area contributed by atoms with E-state index in [0.29, 0.717) is 17.4 Å². The number of quaternary nitrogens is 1.